The Morgan fingerprint density at radius 1 is 1.07 bits per heavy atom. The van der Waals surface area contributed by atoms with Gasteiger partial charge in [0.1, 0.15) is 12.0 Å². The second kappa shape index (κ2) is 7.96. The maximum atomic E-state index is 14.3. The molecule has 0 saturated heterocycles. The molecule has 8 heteroatoms. The third-order valence-corrected chi connectivity index (χ3v) is 4.44. The molecule has 0 aliphatic carbocycles. The molecule has 0 unspecified atom stereocenters. The van der Waals surface area contributed by atoms with Crippen molar-refractivity contribution < 1.29 is 14.0 Å². The molecular weight excluding hydrogens is 385 g/mol. The van der Waals surface area contributed by atoms with Crippen molar-refractivity contribution in [3.63, 3.8) is 0 Å². The lowest BCUT2D eigenvalue weighted by atomic mass is 10.1. The summed E-state index contributed by atoms with van der Waals surface area (Å²) in [6.07, 6.45) is 3.99. The molecule has 0 radical (unpaired) electrons. The molecule has 7 nitrogen and oxygen atoms in total. The van der Waals surface area contributed by atoms with Gasteiger partial charge in [0.15, 0.2) is 5.83 Å². The Hall–Kier alpha value is -4.33. The summed E-state index contributed by atoms with van der Waals surface area (Å²) in [6.45, 7) is 0. The zero-order valence-electron chi connectivity index (χ0n) is 15.6. The van der Waals surface area contributed by atoms with E-state index >= 15 is 0 Å². The van der Waals surface area contributed by atoms with Gasteiger partial charge < -0.3 is 16.0 Å². The Bertz CT molecular complexity index is 1280. The first kappa shape index (κ1) is 19.0. The fourth-order valence-corrected chi connectivity index (χ4v) is 3.07. The van der Waals surface area contributed by atoms with Gasteiger partial charge in [-0.05, 0) is 23.8 Å². The second-order valence-electron chi connectivity index (χ2n) is 6.45. The van der Waals surface area contributed by atoms with Crippen LogP contribution in [0.25, 0.3) is 28.4 Å². The molecule has 2 heterocycles. The largest absolute Gasteiger partial charge is 0.366 e. The lowest BCUT2D eigenvalue weighted by Gasteiger charge is -2.08. The molecule has 0 bridgehead atoms. The van der Waals surface area contributed by atoms with Crippen molar-refractivity contribution in [2.45, 2.75) is 0 Å². The number of benzene rings is 2. The highest BCUT2D eigenvalue weighted by molar-refractivity contribution is 6.10. The maximum Gasteiger partial charge on any atom is 0.284 e. The smallest absolute Gasteiger partial charge is 0.284 e. The number of primary amides is 1. The van der Waals surface area contributed by atoms with E-state index in [4.69, 9.17) is 5.73 Å². The highest BCUT2D eigenvalue weighted by atomic mass is 19.1. The van der Waals surface area contributed by atoms with Crippen molar-refractivity contribution in [2.24, 2.45) is 5.73 Å². The van der Waals surface area contributed by atoms with Crippen LogP contribution in [0.1, 0.15) is 15.9 Å². The van der Waals surface area contributed by atoms with Crippen molar-refractivity contribution in [3.8, 4) is 11.3 Å². The molecule has 4 N–H and O–H groups in total. The van der Waals surface area contributed by atoms with Gasteiger partial charge in [0, 0.05) is 17.4 Å². The number of nitrogens with zero attached hydrogens (tertiary/aromatic N) is 2. The Kier molecular flexibility index (Phi) is 5.04. The molecule has 2 aromatic heterocycles. The van der Waals surface area contributed by atoms with Crippen LogP contribution in [-0.2, 0) is 4.79 Å². The number of nitrogens with two attached hydrogens (primary N) is 1. The molecule has 148 valence electrons. The van der Waals surface area contributed by atoms with Gasteiger partial charge in [0.2, 0.25) is 0 Å². The molecule has 0 saturated carbocycles. The molecule has 0 fully saturated rings. The molecule has 4 rings (SSSR count). The van der Waals surface area contributed by atoms with E-state index in [-0.39, 0.29) is 5.56 Å². The quantitative estimate of drug-likeness (QED) is 0.443. The maximum absolute atomic E-state index is 14.3. The number of anilines is 1. The number of fused-ring (bicyclic) bond motifs is 1. The number of hydrogen-bond donors (Lipinski definition) is 3. The number of carbonyl (C=O) groups excluding carboxylic acids is 2. The molecule has 0 spiro atoms. The first-order valence-corrected chi connectivity index (χ1v) is 8.99. The second-order valence-corrected chi connectivity index (χ2v) is 6.45. The normalized spacial score (nSPS) is 11.4. The SMILES string of the molecule is NC(=O)c1c[nH]c2ncnc(-c3cccc(NC(=O)/C(F)=C/c4ccccc4)c3)c12. The van der Waals surface area contributed by atoms with Crippen LogP contribution in [0.4, 0.5) is 10.1 Å². The molecule has 0 aliphatic heterocycles. The predicted molar refractivity (Wildman–Crippen MR) is 112 cm³/mol. The first-order chi connectivity index (χ1) is 14.5. The van der Waals surface area contributed by atoms with Crippen LogP contribution >= 0.6 is 0 Å². The number of halogens is 1. The summed E-state index contributed by atoms with van der Waals surface area (Å²) in [7, 11) is 0. The molecule has 2 aromatic carbocycles. The van der Waals surface area contributed by atoms with Gasteiger partial charge in [0.25, 0.3) is 11.8 Å². The molecule has 30 heavy (non-hydrogen) atoms. The van der Waals surface area contributed by atoms with E-state index in [0.717, 1.165) is 6.08 Å². The number of amides is 2. The van der Waals surface area contributed by atoms with Crippen LogP contribution < -0.4 is 11.1 Å². The van der Waals surface area contributed by atoms with Crippen molar-refractivity contribution >= 4 is 34.6 Å². The van der Waals surface area contributed by atoms with Gasteiger partial charge in [-0.3, -0.25) is 9.59 Å². The zero-order chi connectivity index (χ0) is 21.1. The summed E-state index contributed by atoms with van der Waals surface area (Å²) in [5.41, 5.74) is 8.18. The van der Waals surface area contributed by atoms with Gasteiger partial charge in [-0.1, -0.05) is 42.5 Å². The van der Waals surface area contributed by atoms with Crippen LogP contribution in [0.15, 0.2) is 72.9 Å². The number of H-pyrrole nitrogens is 1. The minimum Gasteiger partial charge on any atom is -0.366 e. The van der Waals surface area contributed by atoms with Crippen LogP contribution in [0.5, 0.6) is 0 Å². The van der Waals surface area contributed by atoms with Crippen LogP contribution in [-0.4, -0.2) is 26.8 Å². The standard InChI is InChI=1S/C22H16FN5O2/c23-17(9-13-5-2-1-3-6-13)22(30)28-15-8-4-7-14(10-15)19-18-16(20(24)29)11-25-21(18)27-12-26-19/h1-12H,(H2,24,29)(H,28,30)(H,25,26,27)/b17-9-. The average molecular weight is 401 g/mol. The monoisotopic (exact) mass is 401 g/mol. The average Bonchev–Trinajstić information content (AvgIpc) is 3.19. The molecule has 0 atom stereocenters. The predicted octanol–water partition coefficient (Wildman–Crippen LogP) is 3.67. The van der Waals surface area contributed by atoms with Crippen molar-refractivity contribution in [1.29, 1.82) is 0 Å². The van der Waals surface area contributed by atoms with Crippen LogP contribution in [0, 0.1) is 0 Å². The van der Waals surface area contributed by atoms with Crippen LogP contribution in [0.3, 0.4) is 0 Å². The summed E-state index contributed by atoms with van der Waals surface area (Å²) in [5.74, 6) is -2.41. The number of carbonyl (C=O) groups is 2. The van der Waals surface area contributed by atoms with Crippen LogP contribution in [0.2, 0.25) is 0 Å². The molecule has 2 amide bonds. The van der Waals surface area contributed by atoms with Gasteiger partial charge in [-0.25, -0.2) is 14.4 Å². The fourth-order valence-electron chi connectivity index (χ4n) is 3.07. The number of nitrogens with one attached hydrogen (secondary N) is 2. The zero-order valence-corrected chi connectivity index (χ0v) is 15.6. The van der Waals surface area contributed by atoms with E-state index in [1.807, 2.05) is 0 Å². The van der Waals surface area contributed by atoms with E-state index in [0.29, 0.717) is 33.5 Å². The Balaban J connectivity index is 1.65. The summed E-state index contributed by atoms with van der Waals surface area (Å²) in [4.78, 5) is 35.2. The number of hydrogen-bond acceptors (Lipinski definition) is 4. The van der Waals surface area contributed by atoms with E-state index < -0.39 is 17.6 Å². The Labute approximate surface area is 170 Å². The van der Waals surface area contributed by atoms with E-state index in [1.54, 1.807) is 54.6 Å². The minimum absolute atomic E-state index is 0.256. The molecule has 4 aromatic rings. The lowest BCUT2D eigenvalue weighted by Crippen LogP contribution is -2.12. The molecular formula is C22H16FN5O2. The highest BCUT2D eigenvalue weighted by Crippen LogP contribution is 2.29. The van der Waals surface area contributed by atoms with E-state index in [2.05, 4.69) is 20.3 Å². The minimum atomic E-state index is -0.919. The summed E-state index contributed by atoms with van der Waals surface area (Å²) in [5, 5.41) is 3.00. The van der Waals surface area contributed by atoms with Gasteiger partial charge in [-0.2, -0.15) is 0 Å². The van der Waals surface area contributed by atoms with E-state index in [1.165, 1.54) is 12.5 Å². The third-order valence-electron chi connectivity index (χ3n) is 4.44. The highest BCUT2D eigenvalue weighted by Gasteiger charge is 2.17. The van der Waals surface area contributed by atoms with Gasteiger partial charge in [-0.15, -0.1) is 0 Å². The summed E-state index contributed by atoms with van der Waals surface area (Å²) in [6, 6.07) is 15.4. The van der Waals surface area contributed by atoms with Crippen molar-refractivity contribution in [2.75, 3.05) is 5.32 Å². The summed E-state index contributed by atoms with van der Waals surface area (Å²) >= 11 is 0. The fraction of sp³-hybridized carbons (Fsp3) is 0. The first-order valence-electron chi connectivity index (χ1n) is 8.99. The van der Waals surface area contributed by atoms with Gasteiger partial charge >= 0.3 is 0 Å². The summed E-state index contributed by atoms with van der Waals surface area (Å²) < 4.78 is 14.3. The van der Waals surface area contributed by atoms with Crippen molar-refractivity contribution in [1.82, 2.24) is 15.0 Å². The number of aromatic amines is 1. The number of rotatable bonds is 5. The topological polar surface area (TPSA) is 114 Å². The van der Waals surface area contributed by atoms with E-state index in [9.17, 15) is 14.0 Å². The van der Waals surface area contributed by atoms with Crippen molar-refractivity contribution in [3.05, 3.63) is 84.1 Å². The Morgan fingerprint density at radius 3 is 2.63 bits per heavy atom. The lowest BCUT2D eigenvalue weighted by molar-refractivity contribution is -0.114. The molecule has 0 aliphatic rings. The third kappa shape index (κ3) is 3.79. The number of aromatic nitrogens is 3. The Morgan fingerprint density at radius 2 is 1.87 bits per heavy atom. The van der Waals surface area contributed by atoms with Gasteiger partial charge in [0.05, 0.1) is 16.6 Å².